The van der Waals surface area contributed by atoms with Crippen LogP contribution in [0.3, 0.4) is 0 Å². The highest BCUT2D eigenvalue weighted by Crippen LogP contribution is 2.17. The standard InChI is InChI=1S/C22H27N3O3.ClH/c26-21(13-20-15-28-11-9-23-20)25-10-3-6-19(14-25)24-22(27)18-8-7-16-4-1-2-5-17(16)12-18;/h1-2,4-5,7-8,12,19-20,23H,3,6,9-11,13-15H2,(H,24,27);1H. The molecule has 7 heteroatoms. The van der Waals surface area contributed by atoms with E-state index in [-0.39, 0.29) is 36.3 Å². The lowest BCUT2D eigenvalue weighted by Crippen LogP contribution is -2.51. The van der Waals surface area contributed by atoms with Crippen LogP contribution in [0.15, 0.2) is 42.5 Å². The van der Waals surface area contributed by atoms with Crippen molar-refractivity contribution in [3.05, 3.63) is 48.0 Å². The van der Waals surface area contributed by atoms with Gasteiger partial charge in [0.15, 0.2) is 0 Å². The van der Waals surface area contributed by atoms with Crippen molar-refractivity contribution in [3.63, 3.8) is 0 Å². The summed E-state index contributed by atoms with van der Waals surface area (Å²) in [5.41, 5.74) is 0.658. The average Bonchev–Trinajstić information content (AvgIpc) is 2.74. The number of morpholine rings is 1. The predicted molar refractivity (Wildman–Crippen MR) is 115 cm³/mol. The molecule has 0 spiro atoms. The Balaban J connectivity index is 0.00000240. The van der Waals surface area contributed by atoms with E-state index in [2.05, 4.69) is 10.6 Å². The second kappa shape index (κ2) is 10.1. The van der Waals surface area contributed by atoms with Gasteiger partial charge in [0.1, 0.15) is 0 Å². The fourth-order valence-corrected chi connectivity index (χ4v) is 4.01. The minimum absolute atomic E-state index is 0. The number of nitrogens with one attached hydrogen (secondary N) is 2. The number of hydrogen-bond donors (Lipinski definition) is 2. The van der Waals surface area contributed by atoms with Gasteiger partial charge in [-0.25, -0.2) is 0 Å². The van der Waals surface area contributed by atoms with Crippen LogP contribution in [0, 0.1) is 0 Å². The van der Waals surface area contributed by atoms with Gasteiger partial charge >= 0.3 is 0 Å². The van der Waals surface area contributed by atoms with Crippen LogP contribution in [0.1, 0.15) is 29.6 Å². The van der Waals surface area contributed by atoms with Crippen molar-refractivity contribution in [2.45, 2.75) is 31.3 Å². The molecular weight excluding hydrogens is 390 g/mol. The third-order valence-electron chi connectivity index (χ3n) is 5.54. The number of piperidine rings is 1. The maximum atomic E-state index is 12.7. The molecule has 2 aliphatic heterocycles. The van der Waals surface area contributed by atoms with Gasteiger partial charge < -0.3 is 20.3 Å². The van der Waals surface area contributed by atoms with E-state index in [9.17, 15) is 9.59 Å². The Kier molecular flexibility index (Phi) is 7.47. The van der Waals surface area contributed by atoms with Gasteiger partial charge in [-0.2, -0.15) is 0 Å². The first kappa shape index (κ1) is 21.6. The highest BCUT2D eigenvalue weighted by Gasteiger charge is 2.27. The summed E-state index contributed by atoms with van der Waals surface area (Å²) in [7, 11) is 0. The van der Waals surface area contributed by atoms with Crippen molar-refractivity contribution in [2.75, 3.05) is 32.8 Å². The van der Waals surface area contributed by atoms with Crippen LogP contribution in [-0.4, -0.2) is 61.6 Å². The second-order valence-electron chi connectivity index (χ2n) is 7.64. The summed E-state index contributed by atoms with van der Waals surface area (Å²) in [6.45, 7) is 3.42. The SMILES string of the molecule is Cl.O=C(NC1CCCN(C(=O)CC2COCCN2)C1)c1ccc2ccccc2c1. The lowest BCUT2D eigenvalue weighted by molar-refractivity contribution is -0.133. The van der Waals surface area contributed by atoms with Crippen LogP contribution in [0.25, 0.3) is 10.8 Å². The molecule has 0 aromatic heterocycles. The van der Waals surface area contributed by atoms with Gasteiger partial charge in [0.25, 0.3) is 5.91 Å². The Bertz CT molecular complexity index is 854. The molecule has 4 rings (SSSR count). The highest BCUT2D eigenvalue weighted by molar-refractivity contribution is 5.98. The number of carbonyl (C=O) groups excluding carboxylic acids is 2. The second-order valence-corrected chi connectivity index (χ2v) is 7.64. The van der Waals surface area contributed by atoms with E-state index in [1.807, 2.05) is 47.4 Å². The van der Waals surface area contributed by atoms with E-state index in [1.54, 1.807) is 0 Å². The smallest absolute Gasteiger partial charge is 0.251 e. The highest BCUT2D eigenvalue weighted by atomic mass is 35.5. The van der Waals surface area contributed by atoms with E-state index in [4.69, 9.17) is 4.74 Å². The molecule has 2 aromatic rings. The fraction of sp³-hybridized carbons (Fsp3) is 0.455. The lowest BCUT2D eigenvalue weighted by Gasteiger charge is -2.34. The molecule has 2 aliphatic rings. The van der Waals surface area contributed by atoms with Crippen molar-refractivity contribution in [1.29, 1.82) is 0 Å². The Morgan fingerprint density at radius 1 is 1.17 bits per heavy atom. The third-order valence-corrected chi connectivity index (χ3v) is 5.54. The summed E-state index contributed by atoms with van der Waals surface area (Å²) in [6.07, 6.45) is 2.25. The monoisotopic (exact) mass is 417 g/mol. The Morgan fingerprint density at radius 2 is 2.00 bits per heavy atom. The fourth-order valence-electron chi connectivity index (χ4n) is 4.01. The summed E-state index contributed by atoms with van der Waals surface area (Å²) < 4.78 is 5.43. The number of amides is 2. The van der Waals surface area contributed by atoms with Gasteiger partial charge in [-0.15, -0.1) is 12.4 Å². The molecular formula is C22H28ClN3O3. The van der Waals surface area contributed by atoms with Crippen molar-refractivity contribution in [3.8, 4) is 0 Å². The number of rotatable bonds is 4. The first-order valence-electron chi connectivity index (χ1n) is 10.1. The van der Waals surface area contributed by atoms with Crippen molar-refractivity contribution >= 4 is 35.0 Å². The minimum atomic E-state index is -0.0765. The van der Waals surface area contributed by atoms with Crippen LogP contribution in [0.5, 0.6) is 0 Å². The van der Waals surface area contributed by atoms with Gasteiger partial charge in [-0.3, -0.25) is 9.59 Å². The maximum absolute atomic E-state index is 12.7. The Labute approximate surface area is 177 Å². The van der Waals surface area contributed by atoms with E-state index >= 15 is 0 Å². The zero-order valence-electron chi connectivity index (χ0n) is 16.4. The number of nitrogens with zero attached hydrogens (tertiary/aromatic N) is 1. The summed E-state index contributed by atoms with van der Waals surface area (Å²) in [5.74, 6) is 0.0556. The Morgan fingerprint density at radius 3 is 2.79 bits per heavy atom. The quantitative estimate of drug-likeness (QED) is 0.801. The number of benzene rings is 2. The molecule has 6 nitrogen and oxygen atoms in total. The van der Waals surface area contributed by atoms with Gasteiger partial charge in [-0.1, -0.05) is 30.3 Å². The maximum Gasteiger partial charge on any atom is 0.251 e. The zero-order chi connectivity index (χ0) is 19.3. The van der Waals surface area contributed by atoms with Crippen LogP contribution in [-0.2, 0) is 9.53 Å². The van der Waals surface area contributed by atoms with Gasteiger partial charge in [0.2, 0.25) is 5.91 Å². The molecule has 29 heavy (non-hydrogen) atoms. The molecule has 0 radical (unpaired) electrons. The molecule has 2 amide bonds. The largest absolute Gasteiger partial charge is 0.378 e. The number of fused-ring (bicyclic) bond motifs is 1. The molecule has 0 aliphatic carbocycles. The number of carbonyl (C=O) groups is 2. The van der Waals surface area contributed by atoms with Crippen molar-refractivity contribution < 1.29 is 14.3 Å². The predicted octanol–water partition coefficient (Wildman–Crippen LogP) is 2.36. The van der Waals surface area contributed by atoms with Crippen molar-refractivity contribution in [2.24, 2.45) is 0 Å². The molecule has 2 atom stereocenters. The van der Waals surface area contributed by atoms with Crippen molar-refractivity contribution in [1.82, 2.24) is 15.5 Å². The van der Waals surface area contributed by atoms with Gasteiger partial charge in [0.05, 0.1) is 13.2 Å². The third kappa shape index (κ3) is 5.47. The first-order chi connectivity index (χ1) is 13.7. The topological polar surface area (TPSA) is 70.7 Å². The normalized spacial score (nSPS) is 22.0. The van der Waals surface area contributed by atoms with Gasteiger partial charge in [0, 0.05) is 43.7 Å². The van der Waals surface area contributed by atoms with E-state index in [0.29, 0.717) is 31.7 Å². The molecule has 2 aromatic carbocycles. The molecule has 0 saturated carbocycles. The summed E-state index contributed by atoms with van der Waals surface area (Å²) in [4.78, 5) is 27.2. The van der Waals surface area contributed by atoms with Crippen LogP contribution < -0.4 is 10.6 Å². The van der Waals surface area contributed by atoms with E-state index in [0.717, 1.165) is 36.7 Å². The summed E-state index contributed by atoms with van der Waals surface area (Å²) in [6, 6.07) is 13.8. The lowest BCUT2D eigenvalue weighted by atomic mass is 10.0. The molecule has 2 N–H and O–H groups in total. The van der Waals surface area contributed by atoms with E-state index < -0.39 is 0 Å². The average molecular weight is 418 g/mol. The van der Waals surface area contributed by atoms with Crippen LogP contribution in [0.2, 0.25) is 0 Å². The molecule has 2 fully saturated rings. The Hall–Kier alpha value is -2.15. The molecule has 2 heterocycles. The zero-order valence-corrected chi connectivity index (χ0v) is 17.2. The van der Waals surface area contributed by atoms with Gasteiger partial charge in [-0.05, 0) is 35.7 Å². The number of halogens is 1. The van der Waals surface area contributed by atoms with Crippen LogP contribution >= 0.6 is 12.4 Å². The summed E-state index contributed by atoms with van der Waals surface area (Å²) >= 11 is 0. The summed E-state index contributed by atoms with van der Waals surface area (Å²) in [5, 5.41) is 8.61. The van der Waals surface area contributed by atoms with Crippen LogP contribution in [0.4, 0.5) is 0 Å². The molecule has 156 valence electrons. The molecule has 0 bridgehead atoms. The number of ether oxygens (including phenoxy) is 1. The molecule has 2 unspecified atom stereocenters. The number of likely N-dealkylation sites (tertiary alicyclic amines) is 1. The number of hydrogen-bond acceptors (Lipinski definition) is 4. The minimum Gasteiger partial charge on any atom is -0.378 e. The van der Waals surface area contributed by atoms with E-state index in [1.165, 1.54) is 0 Å². The first-order valence-corrected chi connectivity index (χ1v) is 10.1. The molecule has 2 saturated heterocycles.